The maximum absolute atomic E-state index is 11.9. The van der Waals surface area contributed by atoms with Gasteiger partial charge in [-0.25, -0.2) is 4.79 Å². The highest BCUT2D eigenvalue weighted by Crippen LogP contribution is 2.33. The Kier molecular flexibility index (Phi) is 8.11. The average Bonchev–Trinajstić information content (AvgIpc) is 2.59. The summed E-state index contributed by atoms with van der Waals surface area (Å²) in [5.74, 6) is 0. The molecule has 1 saturated heterocycles. The topological polar surface area (TPSA) is 108 Å². The van der Waals surface area contributed by atoms with Crippen LogP contribution in [0.1, 0.15) is 0 Å². The standard InChI is InChI=1S/C15H18Cl3NO6S/c16-15(17,18)7-24-14(23)19-10-12(22)11(21)9(6-20)25-13(10)26-8-4-2-1-3-5-8/h1-5,9-13,20-22H,6-7H2,(H,19,23). The van der Waals surface area contributed by atoms with Gasteiger partial charge < -0.3 is 30.1 Å². The van der Waals surface area contributed by atoms with Crippen molar-refractivity contribution >= 4 is 52.7 Å². The molecule has 146 valence electrons. The fourth-order valence-corrected chi connectivity index (χ4v) is 3.61. The molecule has 0 bridgehead atoms. The lowest BCUT2D eigenvalue weighted by atomic mass is 9.98. The lowest BCUT2D eigenvalue weighted by molar-refractivity contribution is -0.170. The molecular formula is C15H18Cl3NO6S. The third-order valence-corrected chi connectivity index (χ3v) is 5.04. The van der Waals surface area contributed by atoms with Gasteiger partial charge in [-0.15, -0.1) is 0 Å². The van der Waals surface area contributed by atoms with E-state index in [0.717, 1.165) is 4.90 Å². The zero-order chi connectivity index (χ0) is 19.3. The van der Waals surface area contributed by atoms with Crippen LogP contribution in [-0.2, 0) is 9.47 Å². The Labute approximate surface area is 169 Å². The van der Waals surface area contributed by atoms with Gasteiger partial charge in [0.05, 0.1) is 12.6 Å². The molecular weight excluding hydrogens is 429 g/mol. The highest BCUT2D eigenvalue weighted by molar-refractivity contribution is 7.99. The van der Waals surface area contributed by atoms with E-state index in [4.69, 9.17) is 44.3 Å². The number of hydrogen-bond acceptors (Lipinski definition) is 7. The van der Waals surface area contributed by atoms with Crippen LogP contribution in [0, 0.1) is 0 Å². The number of nitrogens with one attached hydrogen (secondary N) is 1. The minimum absolute atomic E-state index is 0.492. The highest BCUT2D eigenvalue weighted by atomic mass is 35.6. The number of rotatable bonds is 5. The molecule has 5 atom stereocenters. The predicted molar refractivity (Wildman–Crippen MR) is 98.6 cm³/mol. The maximum Gasteiger partial charge on any atom is 0.407 e. The summed E-state index contributed by atoms with van der Waals surface area (Å²) in [6.45, 7) is -0.986. The van der Waals surface area contributed by atoms with Crippen molar-refractivity contribution in [3.8, 4) is 0 Å². The van der Waals surface area contributed by atoms with Crippen molar-refractivity contribution in [1.82, 2.24) is 5.32 Å². The largest absolute Gasteiger partial charge is 0.445 e. The van der Waals surface area contributed by atoms with Gasteiger partial charge in [-0.1, -0.05) is 64.8 Å². The van der Waals surface area contributed by atoms with E-state index in [1.165, 1.54) is 11.8 Å². The molecule has 0 aromatic heterocycles. The van der Waals surface area contributed by atoms with E-state index in [0.29, 0.717) is 0 Å². The zero-order valence-corrected chi connectivity index (χ0v) is 16.4. The molecule has 1 aliphatic rings. The van der Waals surface area contributed by atoms with Crippen LogP contribution in [-0.4, -0.2) is 68.2 Å². The lowest BCUT2D eigenvalue weighted by Gasteiger charge is -2.42. The second-order valence-corrected chi connectivity index (χ2v) is 9.19. The summed E-state index contributed by atoms with van der Waals surface area (Å²) in [7, 11) is 0. The summed E-state index contributed by atoms with van der Waals surface area (Å²) in [5.41, 5.74) is -0.798. The van der Waals surface area contributed by atoms with Crippen molar-refractivity contribution in [3.05, 3.63) is 30.3 Å². The molecule has 0 spiro atoms. The number of benzene rings is 1. The van der Waals surface area contributed by atoms with E-state index >= 15 is 0 Å². The van der Waals surface area contributed by atoms with Crippen LogP contribution in [0.3, 0.4) is 0 Å². The monoisotopic (exact) mass is 445 g/mol. The molecule has 0 saturated carbocycles. The van der Waals surface area contributed by atoms with E-state index in [1.807, 2.05) is 30.3 Å². The van der Waals surface area contributed by atoms with Gasteiger partial charge in [0.15, 0.2) is 0 Å². The molecule has 1 fully saturated rings. The molecule has 0 radical (unpaired) electrons. The van der Waals surface area contributed by atoms with Gasteiger partial charge in [-0.2, -0.15) is 0 Å². The zero-order valence-electron chi connectivity index (χ0n) is 13.3. The molecule has 11 heteroatoms. The number of aliphatic hydroxyl groups is 3. The Morgan fingerprint density at radius 2 is 1.88 bits per heavy atom. The molecule has 5 unspecified atom stereocenters. The number of carbonyl (C=O) groups excluding carboxylic acids is 1. The van der Waals surface area contributed by atoms with E-state index in [2.05, 4.69) is 5.32 Å². The number of alkyl carbamates (subject to hydrolysis) is 1. The second kappa shape index (κ2) is 9.66. The summed E-state index contributed by atoms with van der Waals surface area (Å²) in [6.07, 6.45) is -4.74. The van der Waals surface area contributed by atoms with E-state index in [-0.39, 0.29) is 0 Å². The molecule has 1 heterocycles. The van der Waals surface area contributed by atoms with Crippen molar-refractivity contribution in [1.29, 1.82) is 0 Å². The van der Waals surface area contributed by atoms with Gasteiger partial charge in [-0.3, -0.25) is 0 Å². The quantitative estimate of drug-likeness (QED) is 0.510. The average molecular weight is 447 g/mol. The van der Waals surface area contributed by atoms with E-state index < -0.39 is 52.9 Å². The van der Waals surface area contributed by atoms with E-state index in [1.54, 1.807) is 0 Å². The van der Waals surface area contributed by atoms with Crippen molar-refractivity contribution in [2.24, 2.45) is 0 Å². The molecule has 1 aliphatic heterocycles. The summed E-state index contributed by atoms with van der Waals surface area (Å²) < 4.78 is 8.65. The van der Waals surface area contributed by atoms with Crippen LogP contribution < -0.4 is 5.32 Å². The first-order valence-corrected chi connectivity index (χ1v) is 9.57. The number of hydrogen-bond donors (Lipinski definition) is 4. The molecule has 1 aromatic carbocycles. The van der Waals surface area contributed by atoms with Crippen LogP contribution in [0.5, 0.6) is 0 Å². The van der Waals surface area contributed by atoms with Gasteiger partial charge >= 0.3 is 6.09 Å². The molecule has 1 aromatic rings. The van der Waals surface area contributed by atoms with Crippen LogP contribution in [0.15, 0.2) is 35.2 Å². The Hall–Kier alpha value is -0.450. The van der Waals surface area contributed by atoms with E-state index in [9.17, 15) is 20.1 Å². The summed E-state index contributed by atoms with van der Waals surface area (Å²) >= 11 is 17.8. The number of halogens is 3. The Bertz CT molecular complexity index is 590. The van der Waals surface area contributed by atoms with Crippen molar-refractivity contribution in [2.45, 2.75) is 38.5 Å². The number of alkyl halides is 3. The van der Waals surface area contributed by atoms with Gasteiger partial charge in [-0.05, 0) is 12.1 Å². The summed E-state index contributed by atoms with van der Waals surface area (Å²) in [4.78, 5) is 12.7. The maximum atomic E-state index is 11.9. The number of amides is 1. The fraction of sp³-hybridized carbons (Fsp3) is 0.533. The summed E-state index contributed by atoms with van der Waals surface area (Å²) in [5, 5.41) is 32.2. The van der Waals surface area contributed by atoms with Crippen LogP contribution in [0.25, 0.3) is 0 Å². The first-order chi connectivity index (χ1) is 12.2. The SMILES string of the molecule is O=C(NC1C(Sc2ccccc2)OC(CO)C(O)C1O)OCC(Cl)(Cl)Cl. The third-order valence-electron chi connectivity index (χ3n) is 3.53. The van der Waals surface area contributed by atoms with Crippen LogP contribution >= 0.6 is 46.6 Å². The minimum atomic E-state index is -1.78. The number of aliphatic hydroxyl groups excluding tert-OH is 3. The normalized spacial score (nSPS) is 29.2. The van der Waals surface area contributed by atoms with Crippen molar-refractivity contribution < 1.29 is 29.6 Å². The first kappa shape index (κ1) is 21.8. The Morgan fingerprint density at radius 1 is 1.23 bits per heavy atom. The van der Waals surface area contributed by atoms with Crippen molar-refractivity contribution in [3.63, 3.8) is 0 Å². The number of carbonyl (C=O) groups is 1. The van der Waals surface area contributed by atoms with Gasteiger partial charge in [0.1, 0.15) is 30.4 Å². The highest BCUT2D eigenvalue weighted by Gasteiger charge is 2.45. The lowest BCUT2D eigenvalue weighted by Crippen LogP contribution is -2.63. The molecule has 4 N–H and O–H groups in total. The molecule has 7 nitrogen and oxygen atoms in total. The van der Waals surface area contributed by atoms with Gasteiger partial charge in [0.2, 0.25) is 3.79 Å². The first-order valence-electron chi connectivity index (χ1n) is 7.55. The van der Waals surface area contributed by atoms with Gasteiger partial charge in [0.25, 0.3) is 0 Å². The molecule has 1 amide bonds. The third kappa shape index (κ3) is 6.31. The number of thioether (sulfide) groups is 1. The van der Waals surface area contributed by atoms with Crippen LogP contribution in [0.4, 0.5) is 4.79 Å². The predicted octanol–water partition coefficient (Wildman–Crippen LogP) is 1.68. The second-order valence-electron chi connectivity index (χ2n) is 5.50. The Balaban J connectivity index is 2.10. The molecule has 0 aliphatic carbocycles. The molecule has 2 rings (SSSR count). The van der Waals surface area contributed by atoms with Gasteiger partial charge in [0, 0.05) is 4.90 Å². The van der Waals surface area contributed by atoms with Crippen LogP contribution in [0.2, 0.25) is 0 Å². The minimum Gasteiger partial charge on any atom is -0.445 e. The summed E-state index contributed by atoms with van der Waals surface area (Å²) in [6, 6.07) is 8.08. The molecule has 26 heavy (non-hydrogen) atoms. The fourth-order valence-electron chi connectivity index (χ4n) is 2.29. The van der Waals surface area contributed by atoms with Crippen molar-refractivity contribution in [2.75, 3.05) is 13.2 Å². The number of ether oxygens (including phenoxy) is 2. The Morgan fingerprint density at radius 3 is 2.46 bits per heavy atom. The smallest absolute Gasteiger partial charge is 0.407 e.